The van der Waals surface area contributed by atoms with Crippen LogP contribution in [0.5, 0.6) is 0 Å². The third kappa shape index (κ3) is 8.94. The molecule has 2 N–H and O–H groups in total. The van der Waals surface area contributed by atoms with E-state index in [0.29, 0.717) is 11.1 Å². The summed E-state index contributed by atoms with van der Waals surface area (Å²) < 4.78 is 33.1. The van der Waals surface area contributed by atoms with Crippen molar-refractivity contribution in [1.29, 1.82) is 0 Å². The molecule has 2 atom stereocenters. The molecule has 234 valence electrons. The molecule has 5 rings (SSSR count). The summed E-state index contributed by atoms with van der Waals surface area (Å²) in [6.07, 6.45) is -1.58. The molecule has 0 bridgehead atoms. The number of amides is 2. The molecule has 0 radical (unpaired) electrons. The van der Waals surface area contributed by atoms with Crippen LogP contribution in [-0.4, -0.2) is 12.2 Å². The van der Waals surface area contributed by atoms with Crippen molar-refractivity contribution in [2.24, 2.45) is 0 Å². The van der Waals surface area contributed by atoms with Gasteiger partial charge in [0.05, 0.1) is 6.61 Å². The van der Waals surface area contributed by atoms with E-state index in [0.717, 1.165) is 16.7 Å². The highest BCUT2D eigenvalue weighted by Crippen LogP contribution is 2.68. The van der Waals surface area contributed by atoms with E-state index in [1.54, 1.807) is 48.5 Å². The normalized spacial score (nSPS) is 13.4. The van der Waals surface area contributed by atoms with E-state index < -0.39 is 31.1 Å². The topological polar surface area (TPSA) is 103 Å². The fraction of sp³-hybridized carbons (Fsp3) is 0.135. The van der Waals surface area contributed by atoms with Gasteiger partial charge in [0.25, 0.3) is 7.37 Å². The Morgan fingerprint density at radius 2 is 0.783 bits per heavy atom. The van der Waals surface area contributed by atoms with E-state index in [-0.39, 0.29) is 19.8 Å². The van der Waals surface area contributed by atoms with Crippen LogP contribution in [0.2, 0.25) is 0 Å². The number of rotatable bonds is 13. The van der Waals surface area contributed by atoms with Gasteiger partial charge in [-0.3, -0.25) is 4.57 Å². The van der Waals surface area contributed by atoms with Gasteiger partial charge in [-0.05, 0) is 27.8 Å². The molecule has 0 heterocycles. The summed E-state index contributed by atoms with van der Waals surface area (Å²) in [5, 5.41) is 5.64. The van der Waals surface area contributed by atoms with Gasteiger partial charge in [-0.2, -0.15) is 0 Å². The number of benzene rings is 5. The van der Waals surface area contributed by atoms with Crippen molar-refractivity contribution in [2.45, 2.75) is 31.4 Å². The molecule has 9 heteroatoms. The Kier molecular flexibility index (Phi) is 11.4. The molecule has 0 spiro atoms. The van der Waals surface area contributed by atoms with Crippen molar-refractivity contribution in [2.75, 3.05) is 0 Å². The lowest BCUT2D eigenvalue weighted by molar-refractivity contribution is 0.135. The Hall–Kier alpha value is -5.17. The van der Waals surface area contributed by atoms with Crippen LogP contribution < -0.4 is 10.6 Å². The van der Waals surface area contributed by atoms with E-state index >= 15 is 4.57 Å². The molecule has 0 saturated heterocycles. The lowest BCUT2D eigenvalue weighted by Crippen LogP contribution is -2.36. The van der Waals surface area contributed by atoms with Crippen molar-refractivity contribution in [3.8, 4) is 0 Å². The Bertz CT molecular complexity index is 1600. The summed E-state index contributed by atoms with van der Waals surface area (Å²) in [4.78, 5) is 26.7. The summed E-state index contributed by atoms with van der Waals surface area (Å²) in [5.74, 6) is -2.42. The van der Waals surface area contributed by atoms with Gasteiger partial charge in [0, 0.05) is 0 Å². The van der Waals surface area contributed by atoms with Gasteiger partial charge in [0.2, 0.25) is 0 Å². The monoisotopic (exact) mass is 634 g/mol. The quantitative estimate of drug-likeness (QED) is 0.126. The zero-order valence-corrected chi connectivity index (χ0v) is 26.0. The van der Waals surface area contributed by atoms with Crippen LogP contribution in [0.1, 0.15) is 39.4 Å². The Labute approximate surface area is 268 Å². The predicted molar refractivity (Wildman–Crippen MR) is 177 cm³/mol. The molecule has 0 aliphatic heterocycles. The average Bonchev–Trinajstić information content (AvgIpc) is 3.12. The van der Waals surface area contributed by atoms with Gasteiger partial charge in [-0.25, -0.2) is 9.59 Å². The number of carbonyl (C=O) groups excluding carboxylic acids is 2. The second kappa shape index (κ2) is 16.2. The molecule has 8 nitrogen and oxygen atoms in total. The number of nitrogens with one attached hydrogen (secondary N) is 2. The van der Waals surface area contributed by atoms with Crippen molar-refractivity contribution in [3.05, 3.63) is 179 Å². The molecule has 46 heavy (non-hydrogen) atoms. The maximum absolute atomic E-state index is 15.6. The molecule has 0 aromatic heterocycles. The number of alkyl carbamates (subject to hydrolysis) is 2. The molecule has 5 aromatic carbocycles. The minimum Gasteiger partial charge on any atom is -0.445 e. The Morgan fingerprint density at radius 3 is 1.13 bits per heavy atom. The first kappa shape index (κ1) is 32.2. The van der Waals surface area contributed by atoms with Crippen molar-refractivity contribution < 1.29 is 28.2 Å². The highest BCUT2D eigenvalue weighted by atomic mass is 31.2. The van der Waals surface area contributed by atoms with E-state index in [2.05, 4.69) is 10.6 Å². The average molecular weight is 635 g/mol. The predicted octanol–water partition coefficient (Wildman–Crippen LogP) is 8.73. The van der Waals surface area contributed by atoms with E-state index in [1.807, 2.05) is 103 Å². The second-order valence-corrected chi connectivity index (χ2v) is 13.0. The smallest absolute Gasteiger partial charge is 0.408 e. The van der Waals surface area contributed by atoms with Crippen molar-refractivity contribution in [1.82, 2.24) is 10.6 Å². The summed E-state index contributed by atoms with van der Waals surface area (Å²) in [7, 11) is -4.17. The summed E-state index contributed by atoms with van der Waals surface area (Å²) in [6.45, 7) is -0.0304. The van der Waals surface area contributed by atoms with Gasteiger partial charge in [-0.1, -0.05) is 152 Å². The molecular weight excluding hydrogens is 599 g/mol. The second-order valence-electron chi connectivity index (χ2n) is 10.4. The van der Waals surface area contributed by atoms with Gasteiger partial charge in [-0.15, -0.1) is 0 Å². The molecule has 2 amide bonds. The molecule has 0 fully saturated rings. The first-order valence-corrected chi connectivity index (χ1v) is 16.6. The van der Waals surface area contributed by atoms with Crippen molar-refractivity contribution >= 4 is 19.6 Å². The lowest BCUT2D eigenvalue weighted by Gasteiger charge is -2.34. The van der Waals surface area contributed by atoms with Gasteiger partial charge < -0.3 is 24.6 Å². The SMILES string of the molecule is O=C(NC(c1ccccc1)P(=O)(OCc1ccccc1)C(NC(=O)OCc1ccccc1)c1ccccc1)OCc1ccccc1. The highest BCUT2D eigenvalue weighted by Gasteiger charge is 2.46. The number of hydrogen-bond acceptors (Lipinski definition) is 6. The van der Waals surface area contributed by atoms with E-state index in [4.69, 9.17) is 14.0 Å². The van der Waals surface area contributed by atoms with Crippen molar-refractivity contribution in [3.63, 3.8) is 0 Å². The zero-order chi connectivity index (χ0) is 32.0. The number of hydrogen-bond donors (Lipinski definition) is 2. The fourth-order valence-electron chi connectivity index (χ4n) is 4.83. The van der Waals surface area contributed by atoms with Crippen LogP contribution in [0.3, 0.4) is 0 Å². The maximum Gasteiger partial charge on any atom is 0.408 e. The number of carbonyl (C=O) groups is 2. The molecule has 2 unspecified atom stereocenters. The molecule has 0 aliphatic rings. The third-order valence-corrected chi connectivity index (χ3v) is 9.99. The first-order valence-electron chi connectivity index (χ1n) is 14.8. The summed E-state index contributed by atoms with van der Waals surface area (Å²) >= 11 is 0. The molecule has 0 saturated carbocycles. The molecule has 0 aliphatic carbocycles. The fourth-order valence-corrected chi connectivity index (χ4v) is 7.53. The lowest BCUT2D eigenvalue weighted by atomic mass is 10.2. The van der Waals surface area contributed by atoms with E-state index in [9.17, 15) is 9.59 Å². The van der Waals surface area contributed by atoms with E-state index in [1.165, 1.54) is 0 Å². The standard InChI is InChI=1S/C37H35N2O6P/c40-36(43-26-29-16-6-1-7-17-29)38-34(32-22-12-4-13-23-32)46(42,45-28-31-20-10-3-11-21-31)35(33-24-14-5-15-25-33)39-37(41)44-27-30-18-8-2-9-19-30/h1-25,34-35H,26-28H2,(H,38,40)(H,39,41). The Balaban J connectivity index is 1.51. The largest absolute Gasteiger partial charge is 0.445 e. The summed E-state index contributed by atoms with van der Waals surface area (Å²) in [6, 6.07) is 45.5. The van der Waals surface area contributed by atoms with Gasteiger partial charge in [0.15, 0.2) is 0 Å². The van der Waals surface area contributed by atoms with Crippen LogP contribution in [0.25, 0.3) is 0 Å². The minimum atomic E-state index is -4.17. The Morgan fingerprint density at radius 1 is 0.478 bits per heavy atom. The molecular formula is C37H35N2O6P. The third-order valence-electron chi connectivity index (χ3n) is 7.16. The van der Waals surface area contributed by atoms with Crippen LogP contribution in [0.15, 0.2) is 152 Å². The minimum absolute atomic E-state index is 0.00946. The molecule has 5 aromatic rings. The zero-order valence-electron chi connectivity index (χ0n) is 25.1. The highest BCUT2D eigenvalue weighted by molar-refractivity contribution is 7.59. The van der Waals surface area contributed by atoms with Gasteiger partial charge in [0.1, 0.15) is 24.8 Å². The van der Waals surface area contributed by atoms with Crippen LogP contribution >= 0.6 is 7.37 Å². The van der Waals surface area contributed by atoms with Gasteiger partial charge >= 0.3 is 12.2 Å². The maximum atomic E-state index is 15.6. The van der Waals surface area contributed by atoms with Crippen LogP contribution in [0, 0.1) is 0 Å². The summed E-state index contributed by atoms with van der Waals surface area (Å²) in [5.41, 5.74) is 3.37. The van der Waals surface area contributed by atoms with Crippen LogP contribution in [-0.2, 0) is 38.4 Å². The first-order chi connectivity index (χ1) is 22.5. The van der Waals surface area contributed by atoms with Crippen LogP contribution in [0.4, 0.5) is 9.59 Å². The number of ether oxygens (including phenoxy) is 2.